The van der Waals surface area contributed by atoms with E-state index in [4.69, 9.17) is 5.21 Å². The Hall–Kier alpha value is -1.83. The van der Waals surface area contributed by atoms with Crippen molar-refractivity contribution in [2.75, 3.05) is 13.7 Å². The zero-order valence-electron chi connectivity index (χ0n) is 9.16. The van der Waals surface area contributed by atoms with Gasteiger partial charge in [-0.2, -0.15) is 0 Å². The molecule has 0 radical (unpaired) electrons. The fourth-order valence-corrected chi connectivity index (χ4v) is 1.19. The lowest BCUT2D eigenvalue weighted by Crippen LogP contribution is -2.18. The average Bonchev–Trinajstić information content (AvgIpc) is 2.27. The van der Waals surface area contributed by atoms with Gasteiger partial charge in [-0.25, -0.2) is 4.39 Å². The first-order chi connectivity index (χ1) is 8.37. The van der Waals surface area contributed by atoms with E-state index < -0.39 is 17.9 Å². The average molecular weight is 267 g/mol. The maximum absolute atomic E-state index is 13.3. The molecule has 1 rings (SSSR count). The predicted molar refractivity (Wildman–Crippen MR) is 53.3 cm³/mol. The minimum absolute atomic E-state index is 0.0186. The summed E-state index contributed by atoms with van der Waals surface area (Å²) >= 11 is 0. The van der Waals surface area contributed by atoms with Crippen molar-refractivity contribution in [3.8, 4) is 5.75 Å². The first-order valence-electron chi connectivity index (χ1n) is 4.63. The zero-order valence-corrected chi connectivity index (χ0v) is 9.16. The van der Waals surface area contributed by atoms with E-state index >= 15 is 0 Å². The number of alkyl halides is 3. The highest BCUT2D eigenvalue weighted by Crippen LogP contribution is 2.26. The third-order valence-electron chi connectivity index (χ3n) is 1.89. The van der Waals surface area contributed by atoms with E-state index in [1.807, 2.05) is 0 Å². The number of ether oxygens (including phenoxy) is 2. The summed E-state index contributed by atoms with van der Waals surface area (Å²) in [5.74, 6) is -2.18. The second kappa shape index (κ2) is 5.67. The summed E-state index contributed by atoms with van der Waals surface area (Å²) in [6.07, 6.45) is -4.97. The van der Waals surface area contributed by atoms with Crippen molar-refractivity contribution in [3.63, 3.8) is 0 Å². The molecule has 4 nitrogen and oxygen atoms in total. The minimum Gasteiger partial charge on any atom is -0.411 e. The van der Waals surface area contributed by atoms with Gasteiger partial charge in [-0.1, -0.05) is 5.16 Å². The third-order valence-corrected chi connectivity index (χ3v) is 1.89. The summed E-state index contributed by atoms with van der Waals surface area (Å²) in [5.41, 5.74) is 0.0707. The van der Waals surface area contributed by atoms with Gasteiger partial charge >= 0.3 is 6.36 Å². The van der Waals surface area contributed by atoms with E-state index in [1.165, 1.54) is 7.11 Å². The molecule has 0 unspecified atom stereocenters. The number of halogens is 4. The lowest BCUT2D eigenvalue weighted by atomic mass is 10.1. The van der Waals surface area contributed by atoms with Crippen molar-refractivity contribution in [2.45, 2.75) is 6.36 Å². The number of rotatable bonds is 4. The summed E-state index contributed by atoms with van der Waals surface area (Å²) in [6.45, 7) is -0.116. The van der Waals surface area contributed by atoms with Crippen molar-refractivity contribution in [1.29, 1.82) is 0 Å². The fourth-order valence-electron chi connectivity index (χ4n) is 1.19. The van der Waals surface area contributed by atoms with Gasteiger partial charge in [0.2, 0.25) is 0 Å². The van der Waals surface area contributed by atoms with E-state index in [2.05, 4.69) is 14.6 Å². The molecule has 0 bridgehead atoms. The lowest BCUT2D eigenvalue weighted by Gasteiger charge is -2.10. The number of oxime groups is 1. The monoisotopic (exact) mass is 267 g/mol. The van der Waals surface area contributed by atoms with Crippen LogP contribution in [0.25, 0.3) is 0 Å². The normalized spacial score (nSPS) is 12.6. The minimum atomic E-state index is -4.97. The molecule has 0 spiro atoms. The smallest absolute Gasteiger partial charge is 0.411 e. The zero-order chi connectivity index (χ0) is 13.8. The number of nitrogens with zero attached hydrogens (tertiary/aromatic N) is 1. The SMILES string of the molecule is COCC(=NO)c1ccc(OC(F)(F)F)c(F)c1. The molecule has 0 saturated carbocycles. The summed E-state index contributed by atoms with van der Waals surface area (Å²) < 4.78 is 57.1. The summed E-state index contributed by atoms with van der Waals surface area (Å²) in [7, 11) is 1.32. The van der Waals surface area contributed by atoms with E-state index in [-0.39, 0.29) is 17.9 Å². The van der Waals surface area contributed by atoms with Crippen LogP contribution in [0.15, 0.2) is 23.4 Å². The Balaban J connectivity index is 2.98. The molecule has 1 N–H and O–H groups in total. The molecule has 0 atom stereocenters. The second-order valence-corrected chi connectivity index (χ2v) is 3.17. The topological polar surface area (TPSA) is 51.0 Å². The van der Waals surface area contributed by atoms with Gasteiger partial charge in [-0.3, -0.25) is 0 Å². The van der Waals surface area contributed by atoms with Crippen LogP contribution in [0.2, 0.25) is 0 Å². The molecular formula is C10H9F4NO3. The van der Waals surface area contributed by atoms with Crippen LogP contribution >= 0.6 is 0 Å². The van der Waals surface area contributed by atoms with Crippen molar-refractivity contribution >= 4 is 5.71 Å². The van der Waals surface area contributed by atoms with Crippen molar-refractivity contribution < 1.29 is 32.2 Å². The van der Waals surface area contributed by atoms with Gasteiger partial charge in [-0.15, -0.1) is 13.2 Å². The van der Waals surface area contributed by atoms with Gasteiger partial charge < -0.3 is 14.7 Å². The number of benzene rings is 1. The van der Waals surface area contributed by atoms with E-state index in [1.54, 1.807) is 0 Å². The fraction of sp³-hybridized carbons (Fsp3) is 0.300. The van der Waals surface area contributed by atoms with Gasteiger partial charge in [0.1, 0.15) is 5.71 Å². The molecule has 0 amide bonds. The molecule has 0 aliphatic carbocycles. The molecule has 18 heavy (non-hydrogen) atoms. The molecule has 0 heterocycles. The van der Waals surface area contributed by atoms with Crippen LogP contribution < -0.4 is 4.74 Å². The highest BCUT2D eigenvalue weighted by atomic mass is 19.4. The molecule has 0 aliphatic rings. The van der Waals surface area contributed by atoms with Crippen LogP contribution in [0.3, 0.4) is 0 Å². The standard InChI is InChI=1S/C10H9F4NO3/c1-17-5-8(15-16)6-2-3-9(7(11)4-6)18-10(12,13)14/h2-4,16H,5H2,1H3. The maximum atomic E-state index is 13.3. The quantitative estimate of drug-likeness (QED) is 0.395. The van der Waals surface area contributed by atoms with Gasteiger partial charge in [0.15, 0.2) is 11.6 Å². The Kier molecular flexibility index (Phi) is 4.49. The predicted octanol–water partition coefficient (Wildman–Crippen LogP) is 2.55. The van der Waals surface area contributed by atoms with Gasteiger partial charge in [0.25, 0.3) is 0 Å². The van der Waals surface area contributed by atoms with Gasteiger partial charge in [0.05, 0.1) is 6.61 Å². The van der Waals surface area contributed by atoms with Crippen LogP contribution in [0.4, 0.5) is 17.6 Å². The molecule has 0 fully saturated rings. The first kappa shape index (κ1) is 14.2. The largest absolute Gasteiger partial charge is 0.573 e. The van der Waals surface area contributed by atoms with Crippen LogP contribution in [0.5, 0.6) is 5.75 Å². The summed E-state index contributed by atoms with van der Waals surface area (Å²) in [4.78, 5) is 0. The molecule has 8 heteroatoms. The summed E-state index contributed by atoms with van der Waals surface area (Å²) in [5, 5.41) is 11.5. The Labute approximate surface area is 99.4 Å². The van der Waals surface area contributed by atoms with Crippen LogP contribution in [-0.2, 0) is 4.74 Å². The lowest BCUT2D eigenvalue weighted by molar-refractivity contribution is -0.275. The molecule has 1 aromatic rings. The third kappa shape index (κ3) is 3.88. The first-order valence-corrected chi connectivity index (χ1v) is 4.63. The maximum Gasteiger partial charge on any atom is 0.573 e. The molecular weight excluding hydrogens is 258 g/mol. The molecule has 0 aromatic heterocycles. The van der Waals surface area contributed by atoms with Gasteiger partial charge in [0, 0.05) is 12.7 Å². The Morgan fingerprint density at radius 1 is 1.39 bits per heavy atom. The Morgan fingerprint density at radius 3 is 2.50 bits per heavy atom. The Morgan fingerprint density at radius 2 is 2.06 bits per heavy atom. The molecule has 100 valence electrons. The molecule has 1 aromatic carbocycles. The number of hydrogen-bond acceptors (Lipinski definition) is 4. The molecule has 0 saturated heterocycles. The van der Waals surface area contributed by atoms with Crippen LogP contribution in [0.1, 0.15) is 5.56 Å². The van der Waals surface area contributed by atoms with E-state index in [9.17, 15) is 17.6 Å². The van der Waals surface area contributed by atoms with Crippen molar-refractivity contribution in [2.24, 2.45) is 5.16 Å². The highest BCUT2D eigenvalue weighted by molar-refractivity contribution is 6.01. The van der Waals surface area contributed by atoms with Crippen LogP contribution in [0, 0.1) is 5.82 Å². The van der Waals surface area contributed by atoms with E-state index in [0.717, 1.165) is 18.2 Å². The van der Waals surface area contributed by atoms with Gasteiger partial charge in [-0.05, 0) is 18.2 Å². The van der Waals surface area contributed by atoms with Crippen LogP contribution in [-0.4, -0.2) is 31.0 Å². The highest BCUT2D eigenvalue weighted by Gasteiger charge is 2.32. The summed E-state index contributed by atoms with van der Waals surface area (Å²) in [6, 6.07) is 2.67. The number of methoxy groups -OCH3 is 1. The number of hydrogen-bond donors (Lipinski definition) is 1. The second-order valence-electron chi connectivity index (χ2n) is 3.17. The van der Waals surface area contributed by atoms with E-state index in [0.29, 0.717) is 0 Å². The van der Waals surface area contributed by atoms with Crippen molar-refractivity contribution in [1.82, 2.24) is 0 Å². The van der Waals surface area contributed by atoms with Crippen molar-refractivity contribution in [3.05, 3.63) is 29.6 Å². The molecule has 0 aliphatic heterocycles. The Bertz CT molecular complexity index is 445.